The van der Waals surface area contributed by atoms with Gasteiger partial charge in [0.25, 0.3) is 0 Å². The van der Waals surface area contributed by atoms with Crippen LogP contribution in [0.4, 0.5) is 0 Å². The van der Waals surface area contributed by atoms with Gasteiger partial charge in [-0.25, -0.2) is 0 Å². The fourth-order valence-corrected chi connectivity index (χ4v) is 2.18. The minimum atomic E-state index is -0.397. The average Bonchev–Trinajstić information content (AvgIpc) is 2.55. The van der Waals surface area contributed by atoms with Crippen LogP contribution in [-0.2, 0) is 6.42 Å². The quantitative estimate of drug-likeness (QED) is 0.524. The van der Waals surface area contributed by atoms with Crippen molar-refractivity contribution in [3.63, 3.8) is 0 Å². The van der Waals surface area contributed by atoms with E-state index < -0.39 is 4.84 Å². The Morgan fingerprint density at radius 1 is 0.955 bits per heavy atom. The van der Waals surface area contributed by atoms with Gasteiger partial charge in [0.1, 0.15) is 4.84 Å². The number of hydrogen-bond donors (Lipinski definition) is 0. The molecule has 2 aromatic rings. The molecule has 0 saturated heterocycles. The molecule has 118 valence electrons. The summed E-state index contributed by atoms with van der Waals surface area (Å²) >= 11 is 11.1. The first-order valence-corrected chi connectivity index (χ1v) is 8.44. The van der Waals surface area contributed by atoms with Crippen molar-refractivity contribution >= 4 is 28.8 Å². The molecule has 0 amide bonds. The van der Waals surface area contributed by atoms with Crippen LogP contribution in [0.3, 0.4) is 0 Å². The predicted octanol–water partition coefficient (Wildman–Crippen LogP) is 7.08. The van der Waals surface area contributed by atoms with Crippen molar-refractivity contribution in [2.75, 3.05) is 0 Å². The first-order valence-electron chi connectivity index (χ1n) is 7.56. The van der Waals surface area contributed by atoms with Gasteiger partial charge in [-0.3, -0.25) is 0 Å². The molecule has 0 bridgehead atoms. The van der Waals surface area contributed by atoms with Gasteiger partial charge in [-0.2, -0.15) is 0 Å². The molecule has 0 aliphatic heterocycles. The number of hydrogen-bond acceptors (Lipinski definition) is 0. The molecule has 0 fully saturated rings. The van der Waals surface area contributed by atoms with Crippen molar-refractivity contribution in [2.45, 2.75) is 32.0 Å². The van der Waals surface area contributed by atoms with E-state index in [-0.39, 0.29) is 0 Å². The van der Waals surface area contributed by atoms with Gasteiger partial charge in [0.05, 0.1) is 0 Å². The summed E-state index contributed by atoms with van der Waals surface area (Å²) in [6.45, 7) is 10.6. The van der Waals surface area contributed by atoms with Gasteiger partial charge in [-0.1, -0.05) is 81.9 Å². The maximum Gasteiger partial charge on any atom is 0.132 e. The highest BCUT2D eigenvalue weighted by Crippen LogP contribution is 2.23. The predicted molar refractivity (Wildman–Crippen MR) is 101 cm³/mol. The van der Waals surface area contributed by atoms with Crippen LogP contribution in [0.1, 0.15) is 42.3 Å². The molecule has 0 aromatic heterocycles. The molecule has 0 spiro atoms. The Balaban J connectivity index is 0.000000235. The van der Waals surface area contributed by atoms with Crippen molar-refractivity contribution in [1.82, 2.24) is 0 Å². The molecule has 0 saturated carbocycles. The van der Waals surface area contributed by atoms with E-state index in [0.717, 1.165) is 12.0 Å². The van der Waals surface area contributed by atoms with Gasteiger partial charge >= 0.3 is 0 Å². The molecule has 0 N–H and O–H groups in total. The SMILES string of the molecule is C=C(c1ccc(CC)cc1)C(C)C.ClC(Cl)c1ccccc1. The van der Waals surface area contributed by atoms with Crippen LogP contribution in [-0.4, -0.2) is 0 Å². The zero-order chi connectivity index (χ0) is 16.5. The number of aryl methyl sites for hydroxylation is 1. The Morgan fingerprint density at radius 2 is 1.50 bits per heavy atom. The van der Waals surface area contributed by atoms with Crippen LogP contribution in [0.25, 0.3) is 5.57 Å². The van der Waals surface area contributed by atoms with E-state index in [2.05, 4.69) is 51.6 Å². The lowest BCUT2D eigenvalue weighted by molar-refractivity contribution is 0.857. The second-order valence-corrected chi connectivity index (χ2v) is 6.54. The van der Waals surface area contributed by atoms with Crippen molar-refractivity contribution in [1.29, 1.82) is 0 Å². The largest absolute Gasteiger partial charge is 0.132 e. The lowest BCUT2D eigenvalue weighted by Crippen LogP contribution is -1.92. The molecule has 0 aliphatic carbocycles. The molecule has 0 unspecified atom stereocenters. The monoisotopic (exact) mass is 334 g/mol. The highest BCUT2D eigenvalue weighted by Gasteiger charge is 2.02. The molecular formula is C20H24Cl2. The summed E-state index contributed by atoms with van der Waals surface area (Å²) in [4.78, 5) is -0.397. The van der Waals surface area contributed by atoms with Gasteiger partial charge in [0, 0.05) is 0 Å². The number of rotatable bonds is 4. The molecule has 0 nitrogen and oxygen atoms in total. The molecule has 2 aromatic carbocycles. The Hall–Kier alpha value is -1.24. The number of halogens is 2. The minimum Gasteiger partial charge on any atom is -0.100 e. The average molecular weight is 335 g/mol. The molecule has 2 heteroatoms. The third kappa shape index (κ3) is 6.25. The third-order valence-corrected chi connectivity index (χ3v) is 3.99. The van der Waals surface area contributed by atoms with Crippen molar-refractivity contribution in [2.24, 2.45) is 5.92 Å². The van der Waals surface area contributed by atoms with Gasteiger partial charge < -0.3 is 0 Å². The van der Waals surface area contributed by atoms with Crippen LogP contribution in [0.15, 0.2) is 61.2 Å². The summed E-state index contributed by atoms with van der Waals surface area (Å²) < 4.78 is 0. The topological polar surface area (TPSA) is 0 Å². The van der Waals surface area contributed by atoms with E-state index in [1.807, 2.05) is 30.3 Å². The number of benzene rings is 2. The molecule has 0 heterocycles. The number of alkyl halides is 2. The van der Waals surface area contributed by atoms with Crippen molar-refractivity contribution in [3.05, 3.63) is 77.9 Å². The van der Waals surface area contributed by atoms with Crippen LogP contribution in [0, 0.1) is 5.92 Å². The first kappa shape index (κ1) is 18.8. The smallest absolute Gasteiger partial charge is 0.100 e. The number of allylic oxidation sites excluding steroid dienone is 1. The standard InChI is InChI=1S/C13H18.C7H6Cl2/c1-5-12-6-8-13(9-7-12)11(4)10(2)3;8-7(9)6-4-2-1-3-5-6/h6-10H,4-5H2,1-3H3;1-5,7H. The van der Waals surface area contributed by atoms with Gasteiger partial charge in [-0.15, -0.1) is 23.2 Å². The fourth-order valence-electron chi connectivity index (χ4n) is 1.89. The lowest BCUT2D eigenvalue weighted by atomic mass is 9.96. The maximum atomic E-state index is 5.57. The van der Waals surface area contributed by atoms with Gasteiger partial charge in [0.2, 0.25) is 0 Å². The summed E-state index contributed by atoms with van der Waals surface area (Å²) in [5.74, 6) is 0.535. The maximum absolute atomic E-state index is 5.57. The molecule has 22 heavy (non-hydrogen) atoms. The summed E-state index contributed by atoms with van der Waals surface area (Å²) in [5.41, 5.74) is 4.83. The van der Waals surface area contributed by atoms with Crippen LogP contribution in [0.5, 0.6) is 0 Å². The summed E-state index contributed by atoms with van der Waals surface area (Å²) in [6, 6.07) is 18.2. The zero-order valence-corrected chi connectivity index (χ0v) is 15.0. The Kier molecular flexibility index (Phi) is 8.30. The van der Waals surface area contributed by atoms with E-state index in [1.165, 1.54) is 16.7 Å². The van der Waals surface area contributed by atoms with Crippen molar-refractivity contribution < 1.29 is 0 Å². The van der Waals surface area contributed by atoms with E-state index in [0.29, 0.717) is 5.92 Å². The normalized spacial score (nSPS) is 10.3. The van der Waals surface area contributed by atoms with E-state index in [1.54, 1.807) is 0 Å². The zero-order valence-electron chi connectivity index (χ0n) is 13.5. The third-order valence-electron chi connectivity index (χ3n) is 3.48. The lowest BCUT2D eigenvalue weighted by Gasteiger charge is -2.09. The Labute approximate surface area is 144 Å². The molecule has 0 aliphatic rings. The second kappa shape index (κ2) is 9.71. The highest BCUT2D eigenvalue weighted by atomic mass is 35.5. The molecular weight excluding hydrogens is 311 g/mol. The van der Waals surface area contributed by atoms with E-state index >= 15 is 0 Å². The summed E-state index contributed by atoms with van der Waals surface area (Å²) in [7, 11) is 0. The van der Waals surface area contributed by atoms with Crippen LogP contribution >= 0.6 is 23.2 Å². The van der Waals surface area contributed by atoms with Gasteiger partial charge in [-0.05, 0) is 34.6 Å². The minimum absolute atomic E-state index is 0.397. The Bertz CT molecular complexity index is 554. The Morgan fingerprint density at radius 3 is 1.86 bits per heavy atom. The van der Waals surface area contributed by atoms with Crippen molar-refractivity contribution in [3.8, 4) is 0 Å². The molecule has 2 rings (SSSR count). The highest BCUT2D eigenvalue weighted by molar-refractivity contribution is 6.44. The van der Waals surface area contributed by atoms with Gasteiger partial charge in [0.15, 0.2) is 0 Å². The van der Waals surface area contributed by atoms with Crippen LogP contribution < -0.4 is 0 Å². The van der Waals surface area contributed by atoms with E-state index in [4.69, 9.17) is 23.2 Å². The molecule has 0 radical (unpaired) electrons. The summed E-state index contributed by atoms with van der Waals surface area (Å²) in [5, 5.41) is 0. The molecule has 0 atom stereocenters. The second-order valence-electron chi connectivity index (χ2n) is 5.44. The first-order chi connectivity index (χ1) is 10.5. The van der Waals surface area contributed by atoms with Crippen LogP contribution in [0.2, 0.25) is 0 Å². The summed E-state index contributed by atoms with van der Waals surface area (Å²) in [6.07, 6.45) is 1.11. The van der Waals surface area contributed by atoms with E-state index in [9.17, 15) is 0 Å². The fraction of sp³-hybridized carbons (Fsp3) is 0.300.